The number of hydrogen-bond acceptors (Lipinski definition) is 5. The molecule has 0 aliphatic carbocycles. The number of nitrogens with two attached hydrogens (primary N) is 1. The number of nitrogens with one attached hydrogen (secondary N) is 1. The van der Waals surface area contributed by atoms with Crippen LogP contribution in [0.3, 0.4) is 0 Å². The van der Waals surface area contributed by atoms with Gasteiger partial charge in [-0.1, -0.05) is 6.92 Å². The lowest BCUT2D eigenvalue weighted by Crippen LogP contribution is -2.37. The van der Waals surface area contributed by atoms with Gasteiger partial charge in [-0.15, -0.1) is 11.8 Å². The molecule has 7 heteroatoms. The van der Waals surface area contributed by atoms with Crippen molar-refractivity contribution in [2.24, 2.45) is 5.84 Å². The molecule has 1 fully saturated rings. The minimum Gasteiger partial charge on any atom is -0.294 e. The van der Waals surface area contributed by atoms with Gasteiger partial charge in [-0.05, 0) is 5.75 Å². The quantitative estimate of drug-likeness (QED) is 0.288. The highest BCUT2D eigenvalue weighted by molar-refractivity contribution is 8.00. The van der Waals surface area contributed by atoms with Gasteiger partial charge in [0.05, 0.1) is 5.25 Å². The predicted octanol–water partition coefficient (Wildman–Crippen LogP) is -0.753. The summed E-state index contributed by atoms with van der Waals surface area (Å²) < 4.78 is 0. The first-order chi connectivity index (χ1) is 7.60. The molecule has 1 aliphatic heterocycles. The summed E-state index contributed by atoms with van der Waals surface area (Å²) in [4.78, 5) is 35.3. The lowest BCUT2D eigenvalue weighted by molar-refractivity contribution is -0.138. The molecule has 0 saturated carbocycles. The summed E-state index contributed by atoms with van der Waals surface area (Å²) in [5, 5.41) is -0.279. The van der Waals surface area contributed by atoms with E-state index in [9.17, 15) is 14.4 Å². The fraction of sp³-hybridized carbons (Fsp3) is 0.667. The number of amides is 3. The number of hydrazine groups is 1. The van der Waals surface area contributed by atoms with Gasteiger partial charge in [0.15, 0.2) is 0 Å². The Hall–Kier alpha value is -1.08. The van der Waals surface area contributed by atoms with Gasteiger partial charge in [0, 0.05) is 19.4 Å². The molecule has 0 aromatic heterocycles. The zero-order valence-electron chi connectivity index (χ0n) is 9.06. The van der Waals surface area contributed by atoms with E-state index in [1.165, 1.54) is 11.8 Å². The average molecular weight is 245 g/mol. The third-order valence-corrected chi connectivity index (χ3v) is 3.40. The fourth-order valence-electron chi connectivity index (χ4n) is 1.50. The van der Waals surface area contributed by atoms with E-state index in [0.29, 0.717) is 0 Å². The topological polar surface area (TPSA) is 92.5 Å². The van der Waals surface area contributed by atoms with Crippen molar-refractivity contribution < 1.29 is 14.4 Å². The van der Waals surface area contributed by atoms with E-state index in [0.717, 1.165) is 10.7 Å². The second-order valence-corrected chi connectivity index (χ2v) is 4.83. The maximum Gasteiger partial charge on any atom is 0.242 e. The van der Waals surface area contributed by atoms with Crippen LogP contribution in [0.1, 0.15) is 19.8 Å². The molecule has 90 valence electrons. The van der Waals surface area contributed by atoms with Gasteiger partial charge in [0.2, 0.25) is 17.7 Å². The SMILES string of the molecule is CCSC1CC(=O)N(CCC(=O)NN)C1=O. The Kier molecular flexibility index (Phi) is 4.75. The third-order valence-electron chi connectivity index (χ3n) is 2.29. The molecule has 0 aromatic carbocycles. The third kappa shape index (κ3) is 2.96. The van der Waals surface area contributed by atoms with Crippen molar-refractivity contribution in [1.82, 2.24) is 10.3 Å². The van der Waals surface area contributed by atoms with E-state index in [1.54, 1.807) is 0 Å². The average Bonchev–Trinajstić information content (AvgIpc) is 2.52. The van der Waals surface area contributed by atoms with Crippen molar-refractivity contribution in [3.05, 3.63) is 0 Å². The van der Waals surface area contributed by atoms with Crippen molar-refractivity contribution in [2.75, 3.05) is 12.3 Å². The van der Waals surface area contributed by atoms with Crippen LogP contribution in [0.15, 0.2) is 0 Å². The molecular weight excluding hydrogens is 230 g/mol. The Balaban J connectivity index is 2.51. The minimum atomic E-state index is -0.382. The highest BCUT2D eigenvalue weighted by Crippen LogP contribution is 2.24. The van der Waals surface area contributed by atoms with Crippen molar-refractivity contribution in [3.8, 4) is 0 Å². The first-order valence-corrected chi connectivity index (χ1v) is 6.10. The molecule has 3 amide bonds. The second-order valence-electron chi connectivity index (χ2n) is 3.35. The van der Waals surface area contributed by atoms with E-state index in [1.807, 2.05) is 12.3 Å². The monoisotopic (exact) mass is 245 g/mol. The van der Waals surface area contributed by atoms with Crippen LogP contribution in [-0.4, -0.2) is 40.2 Å². The zero-order valence-corrected chi connectivity index (χ0v) is 9.88. The number of carbonyl (C=O) groups excluding carboxylic acids is 3. The molecular formula is C9H15N3O3S. The first-order valence-electron chi connectivity index (χ1n) is 5.05. The van der Waals surface area contributed by atoms with Crippen molar-refractivity contribution in [1.29, 1.82) is 0 Å². The number of imide groups is 1. The van der Waals surface area contributed by atoms with Crippen LogP contribution in [0.5, 0.6) is 0 Å². The summed E-state index contributed by atoms with van der Waals surface area (Å²) in [6, 6.07) is 0. The van der Waals surface area contributed by atoms with Crippen LogP contribution in [0.2, 0.25) is 0 Å². The fourth-order valence-corrected chi connectivity index (χ4v) is 2.44. The van der Waals surface area contributed by atoms with E-state index in [4.69, 9.17) is 5.84 Å². The lowest BCUT2D eigenvalue weighted by atomic mass is 10.4. The highest BCUT2D eigenvalue weighted by atomic mass is 32.2. The normalized spacial score (nSPS) is 20.4. The number of carbonyl (C=O) groups is 3. The Morgan fingerprint density at radius 1 is 1.62 bits per heavy atom. The van der Waals surface area contributed by atoms with Crippen LogP contribution in [-0.2, 0) is 14.4 Å². The highest BCUT2D eigenvalue weighted by Gasteiger charge is 2.38. The van der Waals surface area contributed by atoms with Crippen LogP contribution in [0.4, 0.5) is 0 Å². The van der Waals surface area contributed by atoms with E-state index in [2.05, 4.69) is 0 Å². The maximum atomic E-state index is 11.7. The Morgan fingerprint density at radius 3 is 2.88 bits per heavy atom. The smallest absolute Gasteiger partial charge is 0.242 e. The standard InChI is InChI=1S/C9H15N3O3S/c1-2-16-6-5-8(14)12(9(6)15)4-3-7(13)11-10/h6H,2-5,10H2,1H3,(H,11,13). The number of hydrogen-bond donors (Lipinski definition) is 2. The predicted molar refractivity (Wildman–Crippen MR) is 60.2 cm³/mol. The molecule has 0 spiro atoms. The zero-order chi connectivity index (χ0) is 12.1. The number of rotatable bonds is 5. The second kappa shape index (κ2) is 5.86. The summed E-state index contributed by atoms with van der Waals surface area (Å²) in [5.74, 6) is 4.92. The number of nitrogens with zero attached hydrogens (tertiary/aromatic N) is 1. The van der Waals surface area contributed by atoms with Crippen LogP contribution in [0.25, 0.3) is 0 Å². The summed E-state index contributed by atoms with van der Waals surface area (Å²) in [6.07, 6.45) is 0.291. The molecule has 0 aromatic rings. The molecule has 1 atom stereocenters. The van der Waals surface area contributed by atoms with Crippen molar-refractivity contribution in [2.45, 2.75) is 25.0 Å². The number of thioether (sulfide) groups is 1. The summed E-state index contributed by atoms with van der Waals surface area (Å²) in [6.45, 7) is 2.05. The van der Waals surface area contributed by atoms with Gasteiger partial charge in [-0.25, -0.2) is 5.84 Å². The Bertz CT molecular complexity index is 308. The molecule has 1 heterocycles. The molecule has 1 unspecified atom stereocenters. The van der Waals surface area contributed by atoms with Crippen LogP contribution >= 0.6 is 11.8 Å². The van der Waals surface area contributed by atoms with E-state index >= 15 is 0 Å². The molecule has 1 aliphatic rings. The summed E-state index contributed by atoms with van der Waals surface area (Å²) >= 11 is 1.46. The number of likely N-dealkylation sites (tertiary alicyclic amines) is 1. The van der Waals surface area contributed by atoms with E-state index in [-0.39, 0.29) is 42.4 Å². The van der Waals surface area contributed by atoms with Crippen molar-refractivity contribution >= 4 is 29.5 Å². The van der Waals surface area contributed by atoms with Crippen LogP contribution in [0, 0.1) is 0 Å². The Morgan fingerprint density at radius 2 is 2.31 bits per heavy atom. The van der Waals surface area contributed by atoms with Gasteiger partial charge in [-0.3, -0.25) is 24.7 Å². The first kappa shape index (κ1) is 13.0. The van der Waals surface area contributed by atoms with Crippen LogP contribution < -0.4 is 11.3 Å². The summed E-state index contributed by atoms with van der Waals surface area (Å²) in [7, 11) is 0. The minimum absolute atomic E-state index is 0.0531. The maximum absolute atomic E-state index is 11.7. The molecule has 1 rings (SSSR count). The molecule has 3 N–H and O–H groups in total. The van der Waals surface area contributed by atoms with Gasteiger partial charge in [0.25, 0.3) is 0 Å². The molecule has 1 saturated heterocycles. The van der Waals surface area contributed by atoms with Gasteiger partial charge in [0.1, 0.15) is 0 Å². The molecule has 16 heavy (non-hydrogen) atoms. The summed E-state index contributed by atoms with van der Waals surface area (Å²) in [5.41, 5.74) is 1.96. The van der Waals surface area contributed by atoms with Gasteiger partial charge in [-0.2, -0.15) is 0 Å². The lowest BCUT2D eigenvalue weighted by Gasteiger charge is -2.13. The van der Waals surface area contributed by atoms with Crippen molar-refractivity contribution in [3.63, 3.8) is 0 Å². The van der Waals surface area contributed by atoms with Gasteiger partial charge < -0.3 is 0 Å². The van der Waals surface area contributed by atoms with Gasteiger partial charge >= 0.3 is 0 Å². The molecule has 0 radical (unpaired) electrons. The molecule has 6 nitrogen and oxygen atoms in total. The largest absolute Gasteiger partial charge is 0.294 e. The molecule has 0 bridgehead atoms. The Labute approximate surface area is 97.9 Å². The van der Waals surface area contributed by atoms with E-state index < -0.39 is 0 Å².